The van der Waals surface area contributed by atoms with Gasteiger partial charge in [0.25, 0.3) is 0 Å². The number of aliphatic imine (C=N–C) groups is 2. The summed E-state index contributed by atoms with van der Waals surface area (Å²) in [6.45, 7) is 12.7. The summed E-state index contributed by atoms with van der Waals surface area (Å²) in [4.78, 5) is 40.9. The highest BCUT2D eigenvalue weighted by Crippen LogP contribution is 2.32. The predicted octanol–water partition coefficient (Wildman–Crippen LogP) is 6.03. The third kappa shape index (κ3) is 4.86. The van der Waals surface area contributed by atoms with Crippen molar-refractivity contribution in [3.05, 3.63) is 58.7 Å². The molecular weight excluding hydrogens is 448 g/mol. The monoisotopic (exact) mass is 484 g/mol. The molecule has 188 valence electrons. The summed E-state index contributed by atoms with van der Waals surface area (Å²) in [6, 6.07) is 10.7. The summed E-state index contributed by atoms with van der Waals surface area (Å²) in [7, 11) is 0. The van der Waals surface area contributed by atoms with Gasteiger partial charge in [0, 0.05) is 48.4 Å². The van der Waals surface area contributed by atoms with Crippen LogP contribution in [0.1, 0.15) is 85.2 Å². The molecule has 6 nitrogen and oxygen atoms in total. The Hall–Kier alpha value is -3.28. The average molecular weight is 485 g/mol. The maximum Gasteiger partial charge on any atom is 0.194 e. The van der Waals surface area contributed by atoms with E-state index < -0.39 is 0 Å². The third-order valence-corrected chi connectivity index (χ3v) is 8.05. The van der Waals surface area contributed by atoms with Gasteiger partial charge >= 0.3 is 0 Å². The van der Waals surface area contributed by atoms with Crippen molar-refractivity contribution in [3.63, 3.8) is 0 Å². The van der Waals surface area contributed by atoms with Gasteiger partial charge in [-0.2, -0.15) is 0 Å². The highest BCUT2D eigenvalue weighted by Gasteiger charge is 2.30. The zero-order chi connectivity index (χ0) is 25.4. The lowest BCUT2D eigenvalue weighted by atomic mass is 9.83. The zero-order valence-corrected chi connectivity index (χ0v) is 21.9. The Labute approximate surface area is 214 Å². The van der Waals surface area contributed by atoms with Gasteiger partial charge in [-0.05, 0) is 87.8 Å². The van der Waals surface area contributed by atoms with Gasteiger partial charge in [0.1, 0.15) is 11.7 Å². The number of hydrogen-bond donors (Lipinski definition) is 0. The van der Waals surface area contributed by atoms with E-state index in [1.54, 1.807) is 24.3 Å². The molecule has 2 saturated heterocycles. The molecule has 0 amide bonds. The molecule has 0 atom stereocenters. The van der Waals surface area contributed by atoms with E-state index in [4.69, 9.17) is 9.98 Å². The first-order valence-corrected chi connectivity index (χ1v) is 13.3. The molecule has 0 N–H and O–H groups in total. The molecule has 2 aromatic rings. The first-order valence-electron chi connectivity index (χ1n) is 13.3. The second kappa shape index (κ2) is 10.00. The van der Waals surface area contributed by atoms with Gasteiger partial charge in [0.15, 0.2) is 11.6 Å². The molecule has 36 heavy (non-hydrogen) atoms. The number of ketones is 2. The minimum atomic E-state index is -0.127. The molecule has 0 aromatic heterocycles. The normalized spacial score (nSPS) is 20.0. The van der Waals surface area contributed by atoms with Crippen LogP contribution in [0.3, 0.4) is 0 Å². The highest BCUT2D eigenvalue weighted by atomic mass is 16.1. The second-order valence-electron chi connectivity index (χ2n) is 10.8. The fourth-order valence-electron chi connectivity index (χ4n) is 5.44. The van der Waals surface area contributed by atoms with Crippen LogP contribution in [0.5, 0.6) is 0 Å². The Kier molecular flexibility index (Phi) is 6.78. The van der Waals surface area contributed by atoms with Gasteiger partial charge in [-0.25, -0.2) is 9.98 Å². The van der Waals surface area contributed by atoms with Crippen molar-refractivity contribution in [1.82, 2.24) is 9.80 Å². The molecule has 3 aliphatic rings. The lowest BCUT2D eigenvalue weighted by Gasteiger charge is -2.31. The van der Waals surface area contributed by atoms with Crippen molar-refractivity contribution in [3.8, 4) is 0 Å². The number of piperidine rings is 2. The maximum atomic E-state index is 13.4. The van der Waals surface area contributed by atoms with E-state index in [2.05, 4.69) is 23.6 Å². The smallest absolute Gasteiger partial charge is 0.194 e. The number of carbonyl (C=O) groups is 2. The Bertz CT molecular complexity index is 1150. The van der Waals surface area contributed by atoms with E-state index in [1.807, 2.05) is 26.0 Å². The molecule has 0 unspecified atom stereocenters. The number of rotatable bonds is 2. The first-order chi connectivity index (χ1) is 17.3. The minimum absolute atomic E-state index is 0.127. The Morgan fingerprint density at radius 2 is 1.00 bits per heavy atom. The summed E-state index contributed by atoms with van der Waals surface area (Å²) >= 11 is 0. The standard InChI is InChI=1S/C30H36N4O2/c1-19-9-13-33(14-10-19)21(3)31-23-5-7-25-27(17-23)29(35)26-8-6-24(18-28(26)30(25)36)32-22(4)34-15-11-20(2)12-16-34/h5-8,17-20H,9-16H2,1-4H3. The molecule has 0 spiro atoms. The number of hydrogen-bond acceptors (Lipinski definition) is 4. The van der Waals surface area contributed by atoms with Crippen molar-refractivity contribution in [1.29, 1.82) is 0 Å². The highest BCUT2D eigenvalue weighted by molar-refractivity contribution is 6.28. The van der Waals surface area contributed by atoms with Crippen LogP contribution in [0, 0.1) is 11.8 Å². The van der Waals surface area contributed by atoms with Crippen LogP contribution in [0.2, 0.25) is 0 Å². The summed E-state index contributed by atoms with van der Waals surface area (Å²) in [5, 5.41) is 0. The van der Waals surface area contributed by atoms with Gasteiger partial charge in [-0.1, -0.05) is 13.8 Å². The molecule has 1 aliphatic carbocycles. The molecular formula is C30H36N4O2. The summed E-state index contributed by atoms with van der Waals surface area (Å²) in [5.74, 6) is 3.17. The zero-order valence-electron chi connectivity index (χ0n) is 21.9. The topological polar surface area (TPSA) is 65.3 Å². The van der Waals surface area contributed by atoms with Gasteiger partial charge in [0.2, 0.25) is 0 Å². The molecule has 2 fully saturated rings. The second-order valence-corrected chi connectivity index (χ2v) is 10.8. The van der Waals surface area contributed by atoms with Crippen LogP contribution in [0.15, 0.2) is 46.4 Å². The minimum Gasteiger partial charge on any atom is -0.360 e. The van der Waals surface area contributed by atoms with E-state index in [1.165, 1.54) is 25.7 Å². The maximum absolute atomic E-state index is 13.4. The van der Waals surface area contributed by atoms with Crippen molar-refractivity contribution in [2.45, 2.75) is 53.4 Å². The SMILES string of the molecule is CC(=Nc1ccc2c(c1)C(=O)c1ccc(N=C(C)N3CCC(C)CC3)cc1C2=O)N1CCC(C)CC1. The van der Waals surface area contributed by atoms with Crippen LogP contribution in [0.4, 0.5) is 11.4 Å². The largest absolute Gasteiger partial charge is 0.360 e. The molecule has 0 bridgehead atoms. The lowest BCUT2D eigenvalue weighted by Crippen LogP contribution is -2.36. The summed E-state index contributed by atoms with van der Waals surface area (Å²) in [5.41, 5.74) is 3.18. The molecule has 2 aliphatic heterocycles. The molecule has 6 heteroatoms. The average Bonchev–Trinajstić information content (AvgIpc) is 2.88. The van der Waals surface area contributed by atoms with Crippen molar-refractivity contribution in [2.24, 2.45) is 21.8 Å². The van der Waals surface area contributed by atoms with Gasteiger partial charge in [-0.3, -0.25) is 9.59 Å². The number of fused-ring (bicyclic) bond motifs is 2. The Balaban J connectivity index is 1.38. The van der Waals surface area contributed by atoms with Crippen molar-refractivity contribution < 1.29 is 9.59 Å². The van der Waals surface area contributed by atoms with Crippen LogP contribution in [0.25, 0.3) is 0 Å². The number of carbonyl (C=O) groups excluding carboxylic acids is 2. The van der Waals surface area contributed by atoms with Crippen molar-refractivity contribution >= 4 is 34.6 Å². The fraction of sp³-hybridized carbons (Fsp3) is 0.467. The van der Waals surface area contributed by atoms with Gasteiger partial charge in [0.05, 0.1) is 11.4 Å². The number of nitrogens with zero attached hydrogens (tertiary/aromatic N) is 4. The Morgan fingerprint density at radius 3 is 1.36 bits per heavy atom. The number of benzene rings is 2. The van der Waals surface area contributed by atoms with Gasteiger partial charge in [-0.15, -0.1) is 0 Å². The number of likely N-dealkylation sites (tertiary alicyclic amines) is 2. The Morgan fingerprint density at radius 1 is 0.639 bits per heavy atom. The summed E-state index contributed by atoms with van der Waals surface area (Å²) < 4.78 is 0. The van der Waals surface area contributed by atoms with E-state index in [0.29, 0.717) is 33.6 Å². The molecule has 0 radical (unpaired) electrons. The molecule has 2 heterocycles. The van der Waals surface area contributed by atoms with Crippen LogP contribution in [-0.2, 0) is 0 Å². The number of amidine groups is 2. The van der Waals surface area contributed by atoms with E-state index in [-0.39, 0.29) is 11.6 Å². The van der Waals surface area contributed by atoms with Crippen molar-refractivity contribution in [2.75, 3.05) is 26.2 Å². The van der Waals surface area contributed by atoms with E-state index >= 15 is 0 Å². The predicted molar refractivity (Wildman–Crippen MR) is 145 cm³/mol. The first kappa shape index (κ1) is 24.4. The van der Waals surface area contributed by atoms with E-state index in [0.717, 1.165) is 49.7 Å². The van der Waals surface area contributed by atoms with Gasteiger partial charge < -0.3 is 9.80 Å². The summed E-state index contributed by atoms with van der Waals surface area (Å²) in [6.07, 6.45) is 4.68. The molecule has 5 rings (SSSR count). The van der Waals surface area contributed by atoms with E-state index in [9.17, 15) is 9.59 Å². The third-order valence-electron chi connectivity index (χ3n) is 8.05. The fourth-order valence-corrected chi connectivity index (χ4v) is 5.44. The lowest BCUT2D eigenvalue weighted by molar-refractivity contribution is 0.0979. The quantitative estimate of drug-likeness (QED) is 0.329. The van der Waals surface area contributed by atoms with Crippen LogP contribution < -0.4 is 0 Å². The molecule has 2 aromatic carbocycles. The van der Waals surface area contributed by atoms with Crippen LogP contribution >= 0.6 is 0 Å². The molecule has 0 saturated carbocycles. The van der Waals surface area contributed by atoms with Crippen LogP contribution in [-0.4, -0.2) is 59.2 Å².